The molecule has 3 rings (SSSR count). The van der Waals surface area contributed by atoms with Gasteiger partial charge in [0.25, 0.3) is 0 Å². The lowest BCUT2D eigenvalue weighted by Crippen LogP contribution is -2.29. The van der Waals surface area contributed by atoms with Gasteiger partial charge in [0.2, 0.25) is 0 Å². The summed E-state index contributed by atoms with van der Waals surface area (Å²) in [5.41, 5.74) is 2.05. The lowest BCUT2D eigenvalue weighted by Gasteiger charge is -2.06. The molecule has 0 bridgehead atoms. The fourth-order valence-corrected chi connectivity index (χ4v) is 2.33. The van der Waals surface area contributed by atoms with Crippen molar-refractivity contribution >= 4 is 17.1 Å². The molecule has 112 valence electrons. The molecule has 1 N–H and O–H groups in total. The molecule has 0 spiro atoms. The summed E-state index contributed by atoms with van der Waals surface area (Å²) in [6.07, 6.45) is 0.194. The van der Waals surface area contributed by atoms with Crippen LogP contribution in [0.4, 0.5) is 4.79 Å². The summed E-state index contributed by atoms with van der Waals surface area (Å²) >= 11 is 0. The van der Waals surface area contributed by atoms with Gasteiger partial charge >= 0.3 is 6.09 Å². The van der Waals surface area contributed by atoms with Gasteiger partial charge in [-0.1, -0.05) is 30.3 Å². The van der Waals surface area contributed by atoms with Crippen LogP contribution in [0.2, 0.25) is 0 Å². The first kappa shape index (κ1) is 14.1. The van der Waals surface area contributed by atoms with Crippen molar-refractivity contribution in [2.45, 2.75) is 6.42 Å². The minimum atomic E-state index is -0.454. The van der Waals surface area contributed by atoms with E-state index in [0.717, 1.165) is 16.9 Å². The number of carbonyl (C=O) groups excluding carboxylic acids is 1. The van der Waals surface area contributed by atoms with Crippen LogP contribution in [0.5, 0.6) is 5.75 Å². The van der Waals surface area contributed by atoms with Crippen LogP contribution < -0.4 is 10.1 Å². The highest BCUT2D eigenvalue weighted by atomic mass is 16.5. The number of imidazole rings is 1. The third-order valence-electron chi connectivity index (χ3n) is 3.45. The fourth-order valence-electron chi connectivity index (χ4n) is 2.33. The normalized spacial score (nSPS) is 10.6. The summed E-state index contributed by atoms with van der Waals surface area (Å²) in [5.74, 6) is 1.46. The molecule has 2 aromatic carbocycles. The van der Waals surface area contributed by atoms with Gasteiger partial charge in [0.05, 0.1) is 11.0 Å². The van der Waals surface area contributed by atoms with Crippen LogP contribution in [0.15, 0.2) is 54.6 Å². The van der Waals surface area contributed by atoms with Crippen molar-refractivity contribution in [3.63, 3.8) is 0 Å². The third kappa shape index (κ3) is 3.09. The minimum Gasteiger partial charge on any atom is -0.410 e. The van der Waals surface area contributed by atoms with E-state index in [1.54, 1.807) is 12.1 Å². The Morgan fingerprint density at radius 2 is 1.86 bits per heavy atom. The highest BCUT2D eigenvalue weighted by molar-refractivity contribution is 5.75. The summed E-state index contributed by atoms with van der Waals surface area (Å²) in [6, 6.07) is 17.0. The van der Waals surface area contributed by atoms with Crippen LogP contribution in [0.3, 0.4) is 0 Å². The number of hydrogen-bond donors (Lipinski definition) is 1. The SMILES string of the molecule is Cn1c(CCNC(=O)Oc2ccccc2)nc2ccccc21. The van der Waals surface area contributed by atoms with Crippen LogP contribution in [0.1, 0.15) is 5.82 Å². The second-order valence-corrected chi connectivity index (χ2v) is 4.96. The van der Waals surface area contributed by atoms with E-state index >= 15 is 0 Å². The van der Waals surface area contributed by atoms with E-state index in [2.05, 4.69) is 10.3 Å². The zero-order chi connectivity index (χ0) is 15.4. The summed E-state index contributed by atoms with van der Waals surface area (Å²) in [5, 5.41) is 2.74. The monoisotopic (exact) mass is 295 g/mol. The van der Waals surface area contributed by atoms with Crippen molar-refractivity contribution in [1.82, 2.24) is 14.9 Å². The van der Waals surface area contributed by atoms with Crippen molar-refractivity contribution in [3.05, 3.63) is 60.4 Å². The summed E-state index contributed by atoms with van der Waals surface area (Å²) < 4.78 is 7.21. The van der Waals surface area contributed by atoms with E-state index in [-0.39, 0.29) is 0 Å². The maximum absolute atomic E-state index is 11.7. The Balaban J connectivity index is 1.56. The average Bonchev–Trinajstić information content (AvgIpc) is 2.85. The number of ether oxygens (including phenoxy) is 1. The average molecular weight is 295 g/mol. The molecule has 0 aliphatic heterocycles. The summed E-state index contributed by atoms with van der Waals surface area (Å²) in [6.45, 7) is 0.475. The molecule has 22 heavy (non-hydrogen) atoms. The standard InChI is InChI=1S/C17H17N3O2/c1-20-15-10-6-5-9-14(15)19-16(20)11-12-18-17(21)22-13-7-3-2-4-8-13/h2-10H,11-12H2,1H3,(H,18,21). The van der Waals surface area contributed by atoms with Crippen LogP contribution in [-0.2, 0) is 13.5 Å². The first-order valence-electron chi connectivity index (χ1n) is 7.15. The first-order valence-corrected chi connectivity index (χ1v) is 7.15. The van der Waals surface area contributed by atoms with Crippen molar-refractivity contribution in [3.8, 4) is 5.75 Å². The number of nitrogens with one attached hydrogen (secondary N) is 1. The Bertz CT molecular complexity index is 781. The zero-order valence-corrected chi connectivity index (χ0v) is 12.3. The minimum absolute atomic E-state index is 0.454. The van der Waals surface area contributed by atoms with Gasteiger partial charge in [-0.05, 0) is 24.3 Å². The van der Waals surface area contributed by atoms with Gasteiger partial charge in [0.1, 0.15) is 11.6 Å². The molecule has 0 aliphatic carbocycles. The number of nitrogens with zero attached hydrogens (tertiary/aromatic N) is 2. The van der Waals surface area contributed by atoms with E-state index < -0.39 is 6.09 Å². The number of para-hydroxylation sites is 3. The second kappa shape index (κ2) is 6.30. The van der Waals surface area contributed by atoms with E-state index in [1.807, 2.05) is 54.1 Å². The molecule has 0 fully saturated rings. The van der Waals surface area contributed by atoms with Gasteiger partial charge in [-0.3, -0.25) is 0 Å². The Morgan fingerprint density at radius 1 is 1.14 bits per heavy atom. The number of fused-ring (bicyclic) bond motifs is 1. The number of hydrogen-bond acceptors (Lipinski definition) is 3. The number of carbonyl (C=O) groups is 1. The maximum atomic E-state index is 11.7. The van der Waals surface area contributed by atoms with E-state index in [4.69, 9.17) is 4.74 Å². The number of aryl methyl sites for hydroxylation is 1. The lowest BCUT2D eigenvalue weighted by molar-refractivity contribution is 0.200. The maximum Gasteiger partial charge on any atom is 0.412 e. The summed E-state index contributed by atoms with van der Waals surface area (Å²) in [4.78, 5) is 16.3. The second-order valence-electron chi connectivity index (χ2n) is 4.96. The fraction of sp³-hybridized carbons (Fsp3) is 0.176. The van der Waals surface area contributed by atoms with Crippen LogP contribution >= 0.6 is 0 Å². The van der Waals surface area contributed by atoms with E-state index in [0.29, 0.717) is 18.7 Å². The van der Waals surface area contributed by atoms with Gasteiger partial charge in [-0.2, -0.15) is 0 Å². The van der Waals surface area contributed by atoms with Crippen molar-refractivity contribution in [1.29, 1.82) is 0 Å². The van der Waals surface area contributed by atoms with E-state index in [1.165, 1.54) is 0 Å². The lowest BCUT2D eigenvalue weighted by atomic mass is 10.3. The van der Waals surface area contributed by atoms with Crippen molar-refractivity contribution in [2.24, 2.45) is 7.05 Å². The zero-order valence-electron chi connectivity index (χ0n) is 12.3. The highest BCUT2D eigenvalue weighted by Gasteiger charge is 2.08. The van der Waals surface area contributed by atoms with E-state index in [9.17, 15) is 4.79 Å². The Labute approximate surface area is 128 Å². The predicted molar refractivity (Wildman–Crippen MR) is 84.9 cm³/mol. The van der Waals surface area contributed by atoms with Crippen molar-refractivity contribution in [2.75, 3.05) is 6.54 Å². The smallest absolute Gasteiger partial charge is 0.410 e. The van der Waals surface area contributed by atoms with Crippen LogP contribution in [-0.4, -0.2) is 22.2 Å². The highest BCUT2D eigenvalue weighted by Crippen LogP contribution is 2.14. The Kier molecular flexibility index (Phi) is 4.05. The molecule has 3 aromatic rings. The van der Waals surface area contributed by atoms with Gasteiger partial charge in [0, 0.05) is 20.0 Å². The Morgan fingerprint density at radius 3 is 2.64 bits per heavy atom. The molecule has 0 radical (unpaired) electrons. The molecular formula is C17H17N3O2. The van der Waals surface area contributed by atoms with Gasteiger partial charge in [-0.15, -0.1) is 0 Å². The predicted octanol–water partition coefficient (Wildman–Crippen LogP) is 2.90. The number of amides is 1. The van der Waals surface area contributed by atoms with Gasteiger partial charge in [-0.25, -0.2) is 9.78 Å². The molecule has 0 aliphatic rings. The molecule has 1 aromatic heterocycles. The molecular weight excluding hydrogens is 278 g/mol. The number of benzene rings is 2. The van der Waals surface area contributed by atoms with Crippen LogP contribution in [0.25, 0.3) is 11.0 Å². The quantitative estimate of drug-likeness (QED) is 0.805. The molecule has 0 unspecified atom stereocenters. The number of aromatic nitrogens is 2. The molecule has 1 amide bonds. The summed E-state index contributed by atoms with van der Waals surface area (Å²) in [7, 11) is 1.98. The Hall–Kier alpha value is -2.82. The molecule has 0 saturated carbocycles. The van der Waals surface area contributed by atoms with Gasteiger partial charge in [0.15, 0.2) is 0 Å². The largest absolute Gasteiger partial charge is 0.412 e. The number of rotatable bonds is 4. The molecule has 0 saturated heterocycles. The third-order valence-corrected chi connectivity index (χ3v) is 3.45. The first-order chi connectivity index (χ1) is 10.7. The van der Waals surface area contributed by atoms with Gasteiger partial charge < -0.3 is 14.6 Å². The molecule has 0 atom stereocenters. The topological polar surface area (TPSA) is 56.2 Å². The van der Waals surface area contributed by atoms with Crippen molar-refractivity contribution < 1.29 is 9.53 Å². The van der Waals surface area contributed by atoms with Crippen LogP contribution in [0, 0.1) is 0 Å². The molecule has 5 nitrogen and oxygen atoms in total. The molecule has 5 heteroatoms. The molecule has 1 heterocycles.